The zero-order chi connectivity index (χ0) is 15.0. The van der Waals surface area contributed by atoms with Crippen molar-refractivity contribution >= 4 is 16.7 Å². The third-order valence-corrected chi connectivity index (χ3v) is 4.29. The van der Waals surface area contributed by atoms with Crippen molar-refractivity contribution in [2.75, 3.05) is 18.0 Å². The molecule has 0 radical (unpaired) electrons. The van der Waals surface area contributed by atoms with Gasteiger partial charge in [0.05, 0.1) is 5.52 Å². The molecule has 0 aliphatic carbocycles. The molecule has 0 spiro atoms. The number of rotatable bonds is 2. The van der Waals surface area contributed by atoms with E-state index < -0.39 is 0 Å². The Kier molecular flexibility index (Phi) is 3.83. The summed E-state index contributed by atoms with van der Waals surface area (Å²) in [5.74, 6) is 3.89. The van der Waals surface area contributed by atoms with Gasteiger partial charge in [0.15, 0.2) is 0 Å². The third kappa shape index (κ3) is 2.87. The van der Waals surface area contributed by atoms with Crippen LogP contribution in [0.15, 0.2) is 24.3 Å². The highest BCUT2D eigenvalue weighted by atomic mass is 15.2. The molecule has 0 N–H and O–H groups in total. The number of fused-ring (bicyclic) bond motifs is 1. The van der Waals surface area contributed by atoms with Gasteiger partial charge in [0.25, 0.3) is 0 Å². The maximum absolute atomic E-state index is 4.91. The van der Waals surface area contributed by atoms with E-state index in [1.807, 2.05) is 0 Å². The van der Waals surface area contributed by atoms with Crippen molar-refractivity contribution in [1.82, 2.24) is 9.97 Å². The summed E-state index contributed by atoms with van der Waals surface area (Å²) >= 11 is 0. The van der Waals surface area contributed by atoms with E-state index in [4.69, 9.17) is 9.97 Å². The van der Waals surface area contributed by atoms with E-state index in [-0.39, 0.29) is 0 Å². The van der Waals surface area contributed by atoms with Crippen LogP contribution >= 0.6 is 0 Å². The Labute approximate surface area is 127 Å². The quantitative estimate of drug-likeness (QED) is 0.825. The predicted octanol–water partition coefficient (Wildman–Crippen LogP) is 4.24. The first kappa shape index (κ1) is 14.3. The van der Waals surface area contributed by atoms with E-state index in [9.17, 15) is 0 Å². The molecule has 2 aromatic rings. The topological polar surface area (TPSA) is 29.0 Å². The highest BCUT2D eigenvalue weighted by Gasteiger charge is 2.24. The summed E-state index contributed by atoms with van der Waals surface area (Å²) in [5.41, 5.74) is 1.07. The normalized spacial score (nSPS) is 23.0. The molecule has 1 aliphatic heterocycles. The van der Waals surface area contributed by atoms with E-state index in [0.717, 1.165) is 42.1 Å². The van der Waals surface area contributed by atoms with Crippen LogP contribution in [0.4, 0.5) is 5.82 Å². The van der Waals surface area contributed by atoms with Crippen LogP contribution in [0, 0.1) is 11.8 Å². The number of benzene rings is 1. The Bertz CT molecular complexity index is 625. The van der Waals surface area contributed by atoms with Gasteiger partial charge in [-0.25, -0.2) is 9.97 Å². The van der Waals surface area contributed by atoms with Crippen molar-refractivity contribution in [3.8, 4) is 0 Å². The smallest absolute Gasteiger partial charge is 0.140 e. The first-order valence-corrected chi connectivity index (χ1v) is 8.06. The van der Waals surface area contributed by atoms with Crippen LogP contribution in [-0.2, 0) is 0 Å². The summed E-state index contributed by atoms with van der Waals surface area (Å²) in [4.78, 5) is 12.1. The van der Waals surface area contributed by atoms with Gasteiger partial charge < -0.3 is 4.90 Å². The molecule has 3 heteroatoms. The number of piperidine rings is 1. The molecule has 3 rings (SSSR count). The second-order valence-corrected chi connectivity index (χ2v) is 6.93. The lowest BCUT2D eigenvalue weighted by Gasteiger charge is -2.36. The summed E-state index contributed by atoms with van der Waals surface area (Å²) in [6.07, 6.45) is 1.32. The van der Waals surface area contributed by atoms with E-state index in [2.05, 4.69) is 56.9 Å². The maximum Gasteiger partial charge on any atom is 0.140 e. The van der Waals surface area contributed by atoms with Crippen molar-refractivity contribution in [1.29, 1.82) is 0 Å². The van der Waals surface area contributed by atoms with Crippen molar-refractivity contribution < 1.29 is 0 Å². The SMILES string of the molecule is CC1CC(C)CN(c2nc(C(C)C)nc3ccccc23)C1. The Morgan fingerprint density at radius 1 is 1.05 bits per heavy atom. The fraction of sp³-hybridized carbons (Fsp3) is 0.556. The molecule has 2 unspecified atom stereocenters. The number of anilines is 1. The van der Waals surface area contributed by atoms with Gasteiger partial charge in [-0.2, -0.15) is 0 Å². The van der Waals surface area contributed by atoms with E-state index >= 15 is 0 Å². The molecule has 0 saturated carbocycles. The van der Waals surface area contributed by atoms with Crippen LogP contribution in [0.25, 0.3) is 10.9 Å². The molecule has 112 valence electrons. The Balaban J connectivity index is 2.11. The summed E-state index contributed by atoms with van der Waals surface area (Å²) < 4.78 is 0. The standard InChI is InChI=1S/C18H25N3/c1-12(2)17-19-16-8-6-5-7-15(16)18(20-17)21-10-13(3)9-14(4)11-21/h5-8,12-14H,9-11H2,1-4H3. The molecule has 2 atom stereocenters. The van der Waals surface area contributed by atoms with Crippen molar-refractivity contribution in [3.63, 3.8) is 0 Å². The zero-order valence-electron chi connectivity index (χ0n) is 13.5. The third-order valence-electron chi connectivity index (χ3n) is 4.29. The second-order valence-electron chi connectivity index (χ2n) is 6.93. The number of nitrogens with zero attached hydrogens (tertiary/aromatic N) is 3. The van der Waals surface area contributed by atoms with Crippen molar-refractivity contribution in [2.24, 2.45) is 11.8 Å². The summed E-state index contributed by atoms with van der Waals surface area (Å²) in [5, 5.41) is 1.18. The van der Waals surface area contributed by atoms with Crippen LogP contribution < -0.4 is 4.90 Å². The lowest BCUT2D eigenvalue weighted by atomic mass is 9.92. The summed E-state index contributed by atoms with van der Waals surface area (Å²) in [6.45, 7) is 11.2. The number of hydrogen-bond donors (Lipinski definition) is 0. The van der Waals surface area contributed by atoms with Gasteiger partial charge >= 0.3 is 0 Å². The fourth-order valence-electron chi connectivity index (χ4n) is 3.41. The zero-order valence-corrected chi connectivity index (χ0v) is 13.5. The number of hydrogen-bond acceptors (Lipinski definition) is 3. The molecule has 1 saturated heterocycles. The lowest BCUT2D eigenvalue weighted by Crippen LogP contribution is -2.39. The number of para-hydroxylation sites is 1. The van der Waals surface area contributed by atoms with Gasteiger partial charge in [-0.3, -0.25) is 0 Å². The van der Waals surface area contributed by atoms with Gasteiger partial charge in [0, 0.05) is 24.4 Å². The van der Waals surface area contributed by atoms with Gasteiger partial charge in [0.2, 0.25) is 0 Å². The molecule has 1 aromatic heterocycles. The van der Waals surface area contributed by atoms with E-state index in [0.29, 0.717) is 5.92 Å². The number of aromatic nitrogens is 2. The minimum Gasteiger partial charge on any atom is -0.355 e. The van der Waals surface area contributed by atoms with Gasteiger partial charge in [-0.05, 0) is 30.4 Å². The second kappa shape index (κ2) is 5.63. The molecule has 1 aromatic carbocycles. The molecule has 1 aliphatic rings. The molecule has 1 fully saturated rings. The van der Waals surface area contributed by atoms with Crippen molar-refractivity contribution in [2.45, 2.75) is 40.0 Å². The summed E-state index contributed by atoms with van der Waals surface area (Å²) in [6, 6.07) is 8.40. The van der Waals surface area contributed by atoms with Gasteiger partial charge in [0.1, 0.15) is 11.6 Å². The van der Waals surface area contributed by atoms with E-state index in [1.54, 1.807) is 0 Å². The molecule has 3 nitrogen and oxygen atoms in total. The average Bonchev–Trinajstić information content (AvgIpc) is 2.45. The first-order chi connectivity index (χ1) is 10.0. The Morgan fingerprint density at radius 2 is 1.71 bits per heavy atom. The van der Waals surface area contributed by atoms with Crippen LogP contribution in [0.3, 0.4) is 0 Å². The van der Waals surface area contributed by atoms with Crippen LogP contribution in [0.2, 0.25) is 0 Å². The average molecular weight is 283 g/mol. The molecular weight excluding hydrogens is 258 g/mol. The molecule has 21 heavy (non-hydrogen) atoms. The van der Waals surface area contributed by atoms with Crippen molar-refractivity contribution in [3.05, 3.63) is 30.1 Å². The Morgan fingerprint density at radius 3 is 2.38 bits per heavy atom. The lowest BCUT2D eigenvalue weighted by molar-refractivity contribution is 0.355. The predicted molar refractivity (Wildman–Crippen MR) is 88.8 cm³/mol. The monoisotopic (exact) mass is 283 g/mol. The minimum absolute atomic E-state index is 0.355. The van der Waals surface area contributed by atoms with Crippen LogP contribution in [-0.4, -0.2) is 23.1 Å². The highest BCUT2D eigenvalue weighted by molar-refractivity contribution is 5.89. The largest absolute Gasteiger partial charge is 0.355 e. The van der Waals surface area contributed by atoms with Gasteiger partial charge in [-0.1, -0.05) is 39.8 Å². The van der Waals surface area contributed by atoms with E-state index in [1.165, 1.54) is 11.8 Å². The maximum atomic E-state index is 4.91. The van der Waals surface area contributed by atoms with Gasteiger partial charge in [-0.15, -0.1) is 0 Å². The summed E-state index contributed by atoms with van der Waals surface area (Å²) in [7, 11) is 0. The fourth-order valence-corrected chi connectivity index (χ4v) is 3.41. The minimum atomic E-state index is 0.355. The van der Waals surface area contributed by atoms with Crippen LogP contribution in [0.1, 0.15) is 45.9 Å². The molecule has 0 bridgehead atoms. The van der Waals surface area contributed by atoms with Crippen LogP contribution in [0.5, 0.6) is 0 Å². The highest BCUT2D eigenvalue weighted by Crippen LogP contribution is 2.30. The molecule has 0 amide bonds. The Hall–Kier alpha value is -1.64. The first-order valence-electron chi connectivity index (χ1n) is 8.06. The molecule has 2 heterocycles. The molecular formula is C18H25N3.